The van der Waals surface area contributed by atoms with Gasteiger partial charge in [0.1, 0.15) is 16.8 Å². The van der Waals surface area contributed by atoms with Gasteiger partial charge in [-0.15, -0.1) is 5.10 Å². The van der Waals surface area contributed by atoms with Crippen LogP contribution in [-0.2, 0) is 9.59 Å². The maximum Gasteiger partial charge on any atom is 0.291 e. The first-order valence-corrected chi connectivity index (χ1v) is 12.6. The summed E-state index contributed by atoms with van der Waals surface area (Å²) in [4.78, 5) is 46.2. The monoisotopic (exact) mass is 523 g/mol. The van der Waals surface area contributed by atoms with Crippen molar-refractivity contribution in [2.75, 3.05) is 23.9 Å². The van der Waals surface area contributed by atoms with Crippen molar-refractivity contribution in [1.29, 1.82) is 0 Å². The number of ether oxygens (including phenoxy) is 1. The van der Waals surface area contributed by atoms with Crippen LogP contribution < -0.4 is 25.0 Å². The molecule has 3 heterocycles. The zero-order chi connectivity index (χ0) is 26.4. The zero-order valence-corrected chi connectivity index (χ0v) is 21.3. The third-order valence-corrected chi connectivity index (χ3v) is 7.29. The van der Waals surface area contributed by atoms with E-state index in [1.165, 1.54) is 9.42 Å². The Morgan fingerprint density at radius 1 is 1.03 bits per heavy atom. The lowest BCUT2D eigenvalue weighted by atomic mass is 10.1. The van der Waals surface area contributed by atoms with Gasteiger partial charge in [0.15, 0.2) is 5.82 Å². The van der Waals surface area contributed by atoms with Gasteiger partial charge in [-0.1, -0.05) is 41.7 Å². The average molecular weight is 524 g/mol. The predicted molar refractivity (Wildman–Crippen MR) is 145 cm³/mol. The second-order valence-electron chi connectivity index (χ2n) is 8.80. The van der Waals surface area contributed by atoms with Crippen molar-refractivity contribution in [1.82, 2.24) is 14.6 Å². The lowest BCUT2D eigenvalue weighted by molar-refractivity contribution is -0.118. The fraction of sp³-hybridized carbons (Fsp3) is 0.107. The number of hydrogen-bond acceptors (Lipinski definition) is 7. The zero-order valence-electron chi connectivity index (χ0n) is 20.5. The highest BCUT2D eigenvalue weighted by Gasteiger charge is 2.35. The number of methoxy groups -OCH3 is 1. The Hall–Kier alpha value is -4.83. The highest BCUT2D eigenvalue weighted by molar-refractivity contribution is 7.15. The van der Waals surface area contributed by atoms with Gasteiger partial charge in [0.05, 0.1) is 18.4 Å². The summed E-state index contributed by atoms with van der Waals surface area (Å²) in [6, 6.07) is 21.8. The molecule has 5 aromatic rings. The maximum absolute atomic E-state index is 13.6. The summed E-state index contributed by atoms with van der Waals surface area (Å²) in [5.41, 5.74) is 3.39. The summed E-state index contributed by atoms with van der Waals surface area (Å²) in [7, 11) is 1.59. The molecule has 0 saturated carbocycles. The third kappa shape index (κ3) is 4.00. The van der Waals surface area contributed by atoms with Crippen LogP contribution in [-0.4, -0.2) is 40.1 Å². The molecule has 9 nitrogen and oxygen atoms in total. The number of thiazole rings is 1. The highest BCUT2D eigenvalue weighted by atomic mass is 32.1. The molecule has 0 aliphatic carbocycles. The molecule has 1 aliphatic heterocycles. The first kappa shape index (κ1) is 23.6. The topological polar surface area (TPSA) is 106 Å². The van der Waals surface area contributed by atoms with Crippen molar-refractivity contribution >= 4 is 45.1 Å². The van der Waals surface area contributed by atoms with E-state index in [-0.39, 0.29) is 22.6 Å². The Morgan fingerprint density at radius 2 is 1.82 bits per heavy atom. The molecule has 6 rings (SSSR count). The molecular formula is C28H21N5O4S. The van der Waals surface area contributed by atoms with Gasteiger partial charge in [-0.05, 0) is 55.0 Å². The van der Waals surface area contributed by atoms with Crippen LogP contribution in [0.25, 0.3) is 21.9 Å². The van der Waals surface area contributed by atoms with Gasteiger partial charge < -0.3 is 10.1 Å². The van der Waals surface area contributed by atoms with Gasteiger partial charge in [0.2, 0.25) is 10.9 Å². The van der Waals surface area contributed by atoms with E-state index in [1.807, 2.05) is 37.3 Å². The van der Waals surface area contributed by atoms with Crippen molar-refractivity contribution in [3.05, 3.63) is 98.8 Å². The number of aryl methyl sites for hydroxylation is 1. The molecule has 2 aromatic heterocycles. The minimum Gasteiger partial charge on any atom is -0.497 e. The highest BCUT2D eigenvalue weighted by Crippen LogP contribution is 2.35. The van der Waals surface area contributed by atoms with E-state index < -0.39 is 11.5 Å². The number of carbonyl (C=O) groups excluding carboxylic acids is 2. The fourth-order valence-corrected chi connectivity index (χ4v) is 5.47. The van der Waals surface area contributed by atoms with E-state index in [0.717, 1.165) is 22.5 Å². The standard InChI is InChI=1S/C28H21N5O4S/c1-16-6-5-7-18(14-16)29-22(34)15-32-21-9-4-3-8-20(21)23(26(32)35)24-27(36)33-28(38-24)30-25(31-33)17-10-12-19(37-2)13-11-17/h3-14H,15H2,1-2H3,(H,29,34)/b24-23-. The lowest BCUT2D eigenvalue weighted by Gasteiger charge is -2.16. The first-order valence-electron chi connectivity index (χ1n) is 11.8. The summed E-state index contributed by atoms with van der Waals surface area (Å²) >= 11 is 1.10. The maximum atomic E-state index is 13.6. The summed E-state index contributed by atoms with van der Waals surface area (Å²) in [6.07, 6.45) is 0. The Morgan fingerprint density at radius 3 is 2.55 bits per heavy atom. The summed E-state index contributed by atoms with van der Waals surface area (Å²) in [5.74, 6) is 0.352. The van der Waals surface area contributed by atoms with Crippen molar-refractivity contribution in [2.45, 2.75) is 6.92 Å². The Bertz CT molecular complexity index is 1840. The average Bonchev–Trinajstić information content (AvgIpc) is 3.55. The molecule has 0 unspecified atom stereocenters. The van der Waals surface area contributed by atoms with Gasteiger partial charge in [-0.25, -0.2) is 0 Å². The molecule has 188 valence electrons. The summed E-state index contributed by atoms with van der Waals surface area (Å²) < 4.78 is 6.64. The van der Waals surface area contributed by atoms with Crippen LogP contribution >= 0.6 is 11.3 Å². The van der Waals surface area contributed by atoms with Crippen molar-refractivity contribution < 1.29 is 14.3 Å². The van der Waals surface area contributed by atoms with Gasteiger partial charge in [-0.3, -0.25) is 19.3 Å². The van der Waals surface area contributed by atoms with Gasteiger partial charge >= 0.3 is 0 Å². The van der Waals surface area contributed by atoms with E-state index >= 15 is 0 Å². The number of amides is 2. The Balaban J connectivity index is 1.37. The molecule has 0 radical (unpaired) electrons. The Labute approximate surface area is 220 Å². The predicted octanol–water partition coefficient (Wildman–Crippen LogP) is 3.04. The van der Waals surface area contributed by atoms with Crippen LogP contribution in [0.3, 0.4) is 0 Å². The summed E-state index contributed by atoms with van der Waals surface area (Å²) in [5, 5.41) is 7.23. The largest absolute Gasteiger partial charge is 0.497 e. The minimum atomic E-state index is -0.429. The molecule has 1 aliphatic rings. The number of para-hydroxylation sites is 1. The quantitative estimate of drug-likeness (QED) is 0.380. The van der Waals surface area contributed by atoms with Gasteiger partial charge in [0.25, 0.3) is 11.5 Å². The number of nitrogens with one attached hydrogen (secondary N) is 1. The molecule has 1 N–H and O–H groups in total. The van der Waals surface area contributed by atoms with Crippen molar-refractivity contribution in [3.63, 3.8) is 0 Å². The molecular weight excluding hydrogens is 502 g/mol. The number of anilines is 2. The number of aromatic nitrogens is 3. The normalized spacial score (nSPS) is 14.2. The van der Waals surface area contributed by atoms with E-state index in [4.69, 9.17) is 4.74 Å². The molecule has 0 atom stereocenters. The molecule has 0 fully saturated rings. The SMILES string of the molecule is COc1ccc(-c2nc3s/c(=C4\C(=O)N(CC(=O)Nc5cccc(C)c5)c5ccccc54)c(=O)n3n2)cc1. The fourth-order valence-electron chi connectivity index (χ4n) is 4.47. The van der Waals surface area contributed by atoms with Gasteiger partial charge in [0, 0.05) is 16.8 Å². The second kappa shape index (κ2) is 9.24. The third-order valence-electron chi connectivity index (χ3n) is 6.26. The van der Waals surface area contributed by atoms with E-state index in [1.54, 1.807) is 49.6 Å². The number of nitrogens with zero attached hydrogens (tertiary/aromatic N) is 4. The van der Waals surface area contributed by atoms with Crippen LogP contribution in [0.1, 0.15) is 11.1 Å². The molecule has 10 heteroatoms. The van der Waals surface area contributed by atoms with Gasteiger partial charge in [-0.2, -0.15) is 9.50 Å². The number of hydrogen-bond donors (Lipinski definition) is 1. The van der Waals surface area contributed by atoms with Crippen LogP contribution in [0.15, 0.2) is 77.6 Å². The molecule has 0 bridgehead atoms. The van der Waals surface area contributed by atoms with E-state index in [9.17, 15) is 14.4 Å². The second-order valence-corrected chi connectivity index (χ2v) is 9.77. The molecule has 3 aromatic carbocycles. The van der Waals surface area contributed by atoms with Crippen LogP contribution in [0.4, 0.5) is 11.4 Å². The van der Waals surface area contributed by atoms with Crippen LogP contribution in [0.2, 0.25) is 0 Å². The molecule has 38 heavy (non-hydrogen) atoms. The van der Waals surface area contributed by atoms with Crippen molar-refractivity contribution in [2.24, 2.45) is 0 Å². The van der Waals surface area contributed by atoms with E-state index in [0.29, 0.717) is 33.5 Å². The van der Waals surface area contributed by atoms with Crippen LogP contribution in [0.5, 0.6) is 5.75 Å². The Kier molecular flexibility index (Phi) is 5.73. The number of benzene rings is 3. The van der Waals surface area contributed by atoms with Crippen LogP contribution in [0, 0.1) is 6.92 Å². The molecule has 0 spiro atoms. The molecule has 0 saturated heterocycles. The number of rotatable bonds is 5. The number of carbonyl (C=O) groups is 2. The smallest absolute Gasteiger partial charge is 0.291 e. The molecule has 2 amide bonds. The lowest BCUT2D eigenvalue weighted by Crippen LogP contribution is -2.37. The minimum absolute atomic E-state index is 0.191. The summed E-state index contributed by atoms with van der Waals surface area (Å²) in [6.45, 7) is 1.74. The first-order chi connectivity index (χ1) is 18.4. The van der Waals surface area contributed by atoms with E-state index in [2.05, 4.69) is 15.4 Å². The van der Waals surface area contributed by atoms with Crippen molar-refractivity contribution in [3.8, 4) is 17.1 Å². The number of fused-ring (bicyclic) bond motifs is 2.